The van der Waals surface area contributed by atoms with E-state index in [1.807, 2.05) is 0 Å². The van der Waals surface area contributed by atoms with Gasteiger partial charge in [0.1, 0.15) is 11.6 Å². The van der Waals surface area contributed by atoms with E-state index in [1.54, 1.807) is 0 Å². The van der Waals surface area contributed by atoms with Crippen LogP contribution >= 0.6 is 0 Å². The van der Waals surface area contributed by atoms with E-state index in [-0.39, 0.29) is 0 Å². The molecule has 2 rings (SSSR count). The molecule has 1 saturated carbocycles. The van der Waals surface area contributed by atoms with Gasteiger partial charge in [0.2, 0.25) is 0 Å². The first-order chi connectivity index (χ1) is 9.17. The summed E-state index contributed by atoms with van der Waals surface area (Å²) in [5.74, 6) is 3.57. The summed E-state index contributed by atoms with van der Waals surface area (Å²) in [5, 5.41) is 0. The number of anilines is 1. The van der Waals surface area contributed by atoms with Crippen molar-refractivity contribution in [3.8, 4) is 0 Å². The summed E-state index contributed by atoms with van der Waals surface area (Å²) in [7, 11) is 0. The van der Waals surface area contributed by atoms with Crippen LogP contribution in [0.15, 0.2) is 0 Å². The maximum atomic E-state index is 6.40. The minimum atomic E-state index is 0.595. The van der Waals surface area contributed by atoms with Gasteiger partial charge in [-0.3, -0.25) is 0 Å². The molecule has 0 amide bonds. The Morgan fingerprint density at radius 1 is 1.26 bits per heavy atom. The van der Waals surface area contributed by atoms with Crippen LogP contribution in [-0.4, -0.2) is 9.55 Å². The number of aryl methyl sites for hydroxylation is 1. The molecule has 108 valence electrons. The second kappa shape index (κ2) is 6.44. The van der Waals surface area contributed by atoms with Crippen LogP contribution < -0.4 is 5.73 Å². The topological polar surface area (TPSA) is 43.8 Å². The predicted molar refractivity (Wildman–Crippen MR) is 81.3 cm³/mol. The molecule has 0 saturated heterocycles. The van der Waals surface area contributed by atoms with Crippen LogP contribution in [0, 0.1) is 5.92 Å². The minimum absolute atomic E-state index is 0.595. The molecule has 3 heteroatoms. The Labute approximate surface area is 117 Å². The van der Waals surface area contributed by atoms with E-state index < -0.39 is 0 Å². The summed E-state index contributed by atoms with van der Waals surface area (Å²) >= 11 is 0. The zero-order valence-electron chi connectivity index (χ0n) is 12.8. The first kappa shape index (κ1) is 14.4. The van der Waals surface area contributed by atoms with Gasteiger partial charge >= 0.3 is 0 Å². The van der Waals surface area contributed by atoms with Gasteiger partial charge in [0.15, 0.2) is 0 Å². The fourth-order valence-corrected chi connectivity index (χ4v) is 3.40. The maximum Gasteiger partial charge on any atom is 0.127 e. The highest BCUT2D eigenvalue weighted by molar-refractivity contribution is 5.41. The first-order valence-electron chi connectivity index (χ1n) is 8.02. The molecule has 0 spiro atoms. The van der Waals surface area contributed by atoms with Crippen molar-refractivity contribution in [1.82, 2.24) is 9.55 Å². The number of rotatable bonds is 5. The van der Waals surface area contributed by atoms with Crippen molar-refractivity contribution in [2.24, 2.45) is 5.92 Å². The van der Waals surface area contributed by atoms with Crippen molar-refractivity contribution in [3.63, 3.8) is 0 Å². The molecular formula is C16H29N3. The third-order valence-corrected chi connectivity index (χ3v) is 4.36. The molecule has 1 aromatic heterocycles. The minimum Gasteiger partial charge on any atom is -0.384 e. The van der Waals surface area contributed by atoms with Gasteiger partial charge in [0.05, 0.1) is 5.69 Å². The number of imidazole rings is 1. The van der Waals surface area contributed by atoms with Gasteiger partial charge in [-0.2, -0.15) is 0 Å². The lowest BCUT2D eigenvalue weighted by Crippen LogP contribution is -2.14. The Bertz CT molecular complexity index is 408. The van der Waals surface area contributed by atoms with E-state index >= 15 is 0 Å². The van der Waals surface area contributed by atoms with Gasteiger partial charge in [0, 0.05) is 18.9 Å². The zero-order chi connectivity index (χ0) is 13.8. The molecule has 0 bridgehead atoms. The summed E-state index contributed by atoms with van der Waals surface area (Å²) in [4.78, 5) is 4.91. The molecule has 19 heavy (non-hydrogen) atoms. The van der Waals surface area contributed by atoms with Crippen LogP contribution in [0.3, 0.4) is 0 Å². The van der Waals surface area contributed by atoms with E-state index in [1.165, 1.54) is 37.2 Å². The number of hydrogen-bond donors (Lipinski definition) is 1. The molecule has 2 N–H and O–H groups in total. The summed E-state index contributed by atoms with van der Waals surface area (Å²) in [6.45, 7) is 7.79. The lowest BCUT2D eigenvalue weighted by molar-refractivity contribution is 0.341. The van der Waals surface area contributed by atoms with E-state index in [2.05, 4.69) is 25.3 Å². The van der Waals surface area contributed by atoms with Gasteiger partial charge in [-0.1, -0.05) is 33.6 Å². The Morgan fingerprint density at radius 3 is 2.68 bits per heavy atom. The Morgan fingerprint density at radius 2 is 2.05 bits per heavy atom. The molecule has 2 unspecified atom stereocenters. The van der Waals surface area contributed by atoms with Gasteiger partial charge in [0.25, 0.3) is 0 Å². The summed E-state index contributed by atoms with van der Waals surface area (Å²) in [6, 6.07) is 0. The summed E-state index contributed by atoms with van der Waals surface area (Å²) in [6.07, 6.45) is 8.54. The number of aromatic nitrogens is 2. The number of nitrogens with two attached hydrogens (primary N) is 1. The highest BCUT2D eigenvalue weighted by Crippen LogP contribution is 2.38. The second-order valence-electron chi connectivity index (χ2n) is 6.17. The lowest BCUT2D eigenvalue weighted by Gasteiger charge is -2.25. The highest BCUT2D eigenvalue weighted by atomic mass is 15.1. The third-order valence-electron chi connectivity index (χ3n) is 4.36. The van der Waals surface area contributed by atoms with Gasteiger partial charge in [-0.15, -0.1) is 0 Å². The standard InChI is InChI=1S/C16H29N3/c1-4-7-14-18-15(16(17)19(14)10-5-2)13-9-6-8-12(3)11-13/h12-13H,4-11,17H2,1-3H3. The van der Waals surface area contributed by atoms with Crippen molar-refractivity contribution in [1.29, 1.82) is 0 Å². The van der Waals surface area contributed by atoms with E-state index in [4.69, 9.17) is 10.7 Å². The molecule has 2 atom stereocenters. The Kier molecular flexibility index (Phi) is 4.89. The SMILES string of the molecule is CCCc1nc(C2CCCC(C)C2)c(N)n1CCC. The highest BCUT2D eigenvalue weighted by Gasteiger charge is 2.26. The average molecular weight is 263 g/mol. The van der Waals surface area contributed by atoms with Crippen LogP contribution in [0.5, 0.6) is 0 Å². The third kappa shape index (κ3) is 3.13. The first-order valence-corrected chi connectivity index (χ1v) is 8.02. The fourth-order valence-electron chi connectivity index (χ4n) is 3.40. The molecule has 0 aliphatic heterocycles. The maximum absolute atomic E-state index is 6.40. The van der Waals surface area contributed by atoms with Crippen LogP contribution in [0.2, 0.25) is 0 Å². The van der Waals surface area contributed by atoms with Crippen molar-refractivity contribution < 1.29 is 0 Å². The quantitative estimate of drug-likeness (QED) is 0.868. The van der Waals surface area contributed by atoms with E-state index in [0.29, 0.717) is 5.92 Å². The molecule has 1 aromatic rings. The fraction of sp³-hybridized carbons (Fsp3) is 0.812. The van der Waals surface area contributed by atoms with Crippen LogP contribution in [0.25, 0.3) is 0 Å². The monoisotopic (exact) mass is 263 g/mol. The van der Waals surface area contributed by atoms with Crippen molar-refractivity contribution in [3.05, 3.63) is 11.5 Å². The van der Waals surface area contributed by atoms with Crippen molar-refractivity contribution in [2.75, 3.05) is 5.73 Å². The smallest absolute Gasteiger partial charge is 0.127 e. The lowest BCUT2D eigenvalue weighted by atomic mass is 9.81. The van der Waals surface area contributed by atoms with Crippen LogP contribution in [0.1, 0.15) is 76.7 Å². The number of hydrogen-bond acceptors (Lipinski definition) is 2. The molecule has 3 nitrogen and oxygen atoms in total. The number of nitrogen functional groups attached to an aromatic ring is 1. The zero-order valence-corrected chi connectivity index (χ0v) is 12.8. The molecular weight excluding hydrogens is 234 g/mol. The normalized spacial score (nSPS) is 23.7. The van der Waals surface area contributed by atoms with E-state index in [9.17, 15) is 0 Å². The van der Waals surface area contributed by atoms with E-state index in [0.717, 1.165) is 37.5 Å². The molecule has 0 aromatic carbocycles. The van der Waals surface area contributed by atoms with Gasteiger partial charge < -0.3 is 10.3 Å². The molecule has 0 radical (unpaired) electrons. The number of nitrogens with zero attached hydrogens (tertiary/aromatic N) is 2. The summed E-state index contributed by atoms with van der Waals surface area (Å²) < 4.78 is 2.26. The largest absolute Gasteiger partial charge is 0.384 e. The van der Waals surface area contributed by atoms with Crippen molar-refractivity contribution >= 4 is 5.82 Å². The molecule has 1 fully saturated rings. The Balaban J connectivity index is 2.26. The van der Waals surface area contributed by atoms with Crippen LogP contribution in [0.4, 0.5) is 5.82 Å². The van der Waals surface area contributed by atoms with Crippen LogP contribution in [-0.2, 0) is 13.0 Å². The van der Waals surface area contributed by atoms with Gasteiger partial charge in [-0.25, -0.2) is 4.98 Å². The van der Waals surface area contributed by atoms with Crippen molar-refractivity contribution in [2.45, 2.75) is 78.2 Å². The second-order valence-corrected chi connectivity index (χ2v) is 6.17. The molecule has 1 heterocycles. The summed E-state index contributed by atoms with van der Waals surface area (Å²) in [5.41, 5.74) is 7.59. The average Bonchev–Trinajstić information content (AvgIpc) is 2.69. The van der Waals surface area contributed by atoms with Gasteiger partial charge in [-0.05, 0) is 31.6 Å². The molecule has 1 aliphatic carbocycles. The molecule has 1 aliphatic rings. The predicted octanol–water partition coefficient (Wildman–Crippen LogP) is 4.12. The Hall–Kier alpha value is -0.990.